The molecule has 1 amide bonds. The van der Waals surface area contributed by atoms with Gasteiger partial charge in [0.25, 0.3) is 5.91 Å². The average Bonchev–Trinajstić information content (AvgIpc) is 3.29. The van der Waals surface area contributed by atoms with Crippen molar-refractivity contribution < 1.29 is 4.79 Å². The summed E-state index contributed by atoms with van der Waals surface area (Å²) in [4.78, 5) is 20.1. The molecule has 0 spiro atoms. The number of benzene rings is 1. The topological polar surface area (TPSA) is 59.2 Å². The highest BCUT2D eigenvalue weighted by Gasteiger charge is 2.36. The fourth-order valence-corrected chi connectivity index (χ4v) is 3.74. The van der Waals surface area contributed by atoms with Crippen molar-refractivity contribution in [1.82, 2.24) is 9.88 Å². The third-order valence-electron chi connectivity index (χ3n) is 4.20. The molecule has 2 aromatic rings. The number of hydrogen-bond donors (Lipinski definition) is 1. The lowest BCUT2D eigenvalue weighted by Crippen LogP contribution is -2.43. The number of thiazole rings is 1. The Hall–Kier alpha value is -1.72. The first-order valence-electron chi connectivity index (χ1n) is 7.62. The first-order chi connectivity index (χ1) is 10.6. The van der Waals surface area contributed by atoms with Crippen LogP contribution in [0, 0.1) is 12.8 Å². The lowest BCUT2D eigenvalue weighted by Gasteiger charge is -2.26. The summed E-state index contributed by atoms with van der Waals surface area (Å²) >= 11 is 1.57. The molecular weight excluding hydrogens is 294 g/mol. The Labute approximate surface area is 135 Å². The number of rotatable bonds is 5. The molecule has 1 aromatic heterocycles. The van der Waals surface area contributed by atoms with Crippen LogP contribution in [-0.2, 0) is 0 Å². The zero-order valence-electron chi connectivity index (χ0n) is 13.0. The van der Waals surface area contributed by atoms with Gasteiger partial charge in [0, 0.05) is 19.6 Å². The molecule has 1 fully saturated rings. The Balaban J connectivity index is 1.92. The van der Waals surface area contributed by atoms with Gasteiger partial charge in [0.1, 0.15) is 5.69 Å². The summed E-state index contributed by atoms with van der Waals surface area (Å²) in [6, 6.07) is 10.1. The second-order valence-corrected chi connectivity index (χ2v) is 7.04. The standard InChI is InChI=1S/C17H21N3OS/c1-11-19-15(16(22-11)13-6-4-3-5-7-13)17(21)20(2)14(10-18)12-8-9-12/h3-7,12,14H,8-10,18H2,1-2H3/t14-/m0/s1. The van der Waals surface area contributed by atoms with E-state index in [0.29, 0.717) is 18.2 Å². The van der Waals surface area contributed by atoms with Gasteiger partial charge < -0.3 is 10.6 Å². The van der Waals surface area contributed by atoms with Crippen molar-refractivity contribution in [2.75, 3.05) is 13.6 Å². The number of carbonyl (C=O) groups excluding carboxylic acids is 1. The third kappa shape index (κ3) is 2.91. The average molecular weight is 315 g/mol. The van der Waals surface area contributed by atoms with Crippen LogP contribution in [0.15, 0.2) is 30.3 Å². The summed E-state index contributed by atoms with van der Waals surface area (Å²) in [7, 11) is 1.85. The highest BCUT2D eigenvalue weighted by Crippen LogP contribution is 2.36. The van der Waals surface area contributed by atoms with Crippen LogP contribution in [0.1, 0.15) is 28.3 Å². The SMILES string of the molecule is Cc1nc(C(=O)N(C)[C@@H](CN)C2CC2)c(-c2ccccc2)s1. The smallest absolute Gasteiger partial charge is 0.274 e. The van der Waals surface area contributed by atoms with Crippen molar-refractivity contribution >= 4 is 17.2 Å². The second-order valence-electron chi connectivity index (χ2n) is 5.83. The molecule has 0 radical (unpaired) electrons. The van der Waals surface area contributed by atoms with Crippen LogP contribution in [0.2, 0.25) is 0 Å². The molecule has 1 atom stereocenters. The molecule has 116 valence electrons. The number of amides is 1. The molecule has 1 aliphatic rings. The van der Waals surface area contributed by atoms with Crippen molar-refractivity contribution in [3.05, 3.63) is 41.0 Å². The number of nitrogens with zero attached hydrogens (tertiary/aromatic N) is 2. The fourth-order valence-electron chi connectivity index (χ4n) is 2.82. The van der Waals surface area contributed by atoms with Crippen LogP contribution >= 0.6 is 11.3 Å². The molecule has 0 saturated heterocycles. The van der Waals surface area contributed by atoms with Gasteiger partial charge >= 0.3 is 0 Å². The Morgan fingerprint density at radius 1 is 1.41 bits per heavy atom. The summed E-state index contributed by atoms with van der Waals surface area (Å²) in [5, 5.41) is 0.909. The van der Waals surface area contributed by atoms with Crippen LogP contribution < -0.4 is 5.73 Å². The first kappa shape index (κ1) is 15.2. The van der Waals surface area contributed by atoms with Gasteiger partial charge in [0.2, 0.25) is 0 Å². The lowest BCUT2D eigenvalue weighted by molar-refractivity contribution is 0.0714. The predicted molar refractivity (Wildman–Crippen MR) is 89.9 cm³/mol. The van der Waals surface area contributed by atoms with E-state index in [1.54, 1.807) is 16.2 Å². The largest absolute Gasteiger partial charge is 0.336 e. The van der Waals surface area contributed by atoms with Crippen LogP contribution in [0.5, 0.6) is 0 Å². The van der Waals surface area contributed by atoms with Gasteiger partial charge in [-0.25, -0.2) is 4.98 Å². The number of aromatic nitrogens is 1. The normalized spacial score (nSPS) is 15.6. The Morgan fingerprint density at radius 2 is 2.09 bits per heavy atom. The first-order valence-corrected chi connectivity index (χ1v) is 8.43. The maximum absolute atomic E-state index is 12.9. The monoisotopic (exact) mass is 315 g/mol. The van der Waals surface area contributed by atoms with E-state index in [4.69, 9.17) is 5.73 Å². The maximum Gasteiger partial charge on any atom is 0.274 e. The van der Waals surface area contributed by atoms with Gasteiger partial charge in [-0.1, -0.05) is 30.3 Å². The lowest BCUT2D eigenvalue weighted by atomic mass is 10.1. The summed E-state index contributed by atoms with van der Waals surface area (Å²) in [6.45, 7) is 2.45. The molecule has 0 aliphatic heterocycles. The minimum absolute atomic E-state index is 0.0226. The molecule has 1 heterocycles. The number of aryl methyl sites for hydroxylation is 1. The van der Waals surface area contributed by atoms with Crippen LogP contribution in [-0.4, -0.2) is 35.4 Å². The highest BCUT2D eigenvalue weighted by atomic mass is 32.1. The van der Waals surface area contributed by atoms with Gasteiger partial charge in [-0.3, -0.25) is 4.79 Å². The van der Waals surface area contributed by atoms with E-state index < -0.39 is 0 Å². The van der Waals surface area contributed by atoms with E-state index in [2.05, 4.69) is 4.98 Å². The molecule has 5 heteroatoms. The van der Waals surface area contributed by atoms with E-state index in [1.165, 1.54) is 12.8 Å². The zero-order chi connectivity index (χ0) is 15.7. The van der Waals surface area contributed by atoms with E-state index >= 15 is 0 Å². The predicted octanol–water partition coefficient (Wildman–Crippen LogP) is 2.93. The summed E-state index contributed by atoms with van der Waals surface area (Å²) in [5.41, 5.74) is 7.47. The molecule has 3 rings (SSSR count). The molecule has 4 nitrogen and oxygen atoms in total. The summed E-state index contributed by atoms with van der Waals surface area (Å²) in [6.07, 6.45) is 2.34. The van der Waals surface area contributed by atoms with Gasteiger partial charge in [0.15, 0.2) is 0 Å². The Bertz CT molecular complexity index is 664. The van der Waals surface area contributed by atoms with Crippen molar-refractivity contribution in [3.63, 3.8) is 0 Å². The van der Waals surface area contributed by atoms with Crippen LogP contribution in [0.3, 0.4) is 0 Å². The summed E-state index contributed by atoms with van der Waals surface area (Å²) < 4.78 is 0. The van der Waals surface area contributed by atoms with Gasteiger partial charge in [-0.15, -0.1) is 11.3 Å². The Kier molecular flexibility index (Phi) is 4.27. The van der Waals surface area contributed by atoms with Crippen molar-refractivity contribution in [2.24, 2.45) is 11.7 Å². The number of nitrogens with two attached hydrogens (primary N) is 1. The summed E-state index contributed by atoms with van der Waals surface area (Å²) in [5.74, 6) is 0.532. The molecular formula is C17H21N3OS. The van der Waals surface area contributed by atoms with E-state index in [1.807, 2.05) is 44.3 Å². The van der Waals surface area contributed by atoms with Gasteiger partial charge in [-0.2, -0.15) is 0 Å². The maximum atomic E-state index is 12.9. The molecule has 22 heavy (non-hydrogen) atoms. The van der Waals surface area contributed by atoms with Crippen LogP contribution in [0.25, 0.3) is 10.4 Å². The molecule has 1 aliphatic carbocycles. The zero-order valence-corrected chi connectivity index (χ0v) is 13.8. The van der Waals surface area contributed by atoms with Gasteiger partial charge in [0.05, 0.1) is 9.88 Å². The fraction of sp³-hybridized carbons (Fsp3) is 0.412. The minimum Gasteiger partial charge on any atom is -0.336 e. The quantitative estimate of drug-likeness (QED) is 0.923. The van der Waals surface area contributed by atoms with E-state index in [0.717, 1.165) is 15.4 Å². The van der Waals surface area contributed by atoms with Crippen molar-refractivity contribution in [3.8, 4) is 10.4 Å². The molecule has 0 unspecified atom stereocenters. The molecule has 1 saturated carbocycles. The molecule has 1 aromatic carbocycles. The molecule has 2 N–H and O–H groups in total. The van der Waals surface area contributed by atoms with Crippen LogP contribution in [0.4, 0.5) is 0 Å². The highest BCUT2D eigenvalue weighted by molar-refractivity contribution is 7.15. The van der Waals surface area contributed by atoms with Gasteiger partial charge in [-0.05, 0) is 31.2 Å². The number of carbonyl (C=O) groups is 1. The number of hydrogen-bond acceptors (Lipinski definition) is 4. The van der Waals surface area contributed by atoms with Crippen molar-refractivity contribution in [2.45, 2.75) is 25.8 Å². The van der Waals surface area contributed by atoms with E-state index in [9.17, 15) is 4.79 Å². The Morgan fingerprint density at radius 3 is 2.68 bits per heavy atom. The second kappa shape index (κ2) is 6.18. The third-order valence-corrected chi connectivity index (χ3v) is 5.22. The minimum atomic E-state index is -0.0226. The van der Waals surface area contributed by atoms with Crippen molar-refractivity contribution in [1.29, 1.82) is 0 Å². The number of likely N-dealkylation sites (N-methyl/N-ethyl adjacent to an activating group) is 1. The van der Waals surface area contributed by atoms with E-state index in [-0.39, 0.29) is 11.9 Å². The molecule has 0 bridgehead atoms.